The number of carbonyl (C=O) groups is 2. The van der Waals surface area contributed by atoms with Gasteiger partial charge in [-0.15, -0.1) is 0 Å². The number of hydrogen-bond acceptors (Lipinski definition) is 16. The average molecular weight is 908 g/mol. The third kappa shape index (κ3) is 18.5. The standard InChI is InChI=1S/C47H73NO16/c1-28-18-15-13-11-9-7-5-6-8-10-12-14-16-21-36(63-46-44(57)41(48)43(56)31(4)62-46)25-38-40(45(58)59)37(53)27-47(60,64-38)26-35(52)23-33(50)20-17-19-32(49)22-34(51)24-39(54)61-30(3)29(2)42(28)55/h5-16,18,21,28-38,40-44,46,49-53,55-57,60H,17,19-20,22-27,48H2,1-4H3,(H,58,59)/b6-5-,9-7-,10-8-,13-11-,14-12-,18-15-,21-16-/t28-,29-,30-,31+,32+,33-,34+,35-,36-,37-,38-,40+,41-,42+,43+,44-,46-,47+/m0/s1. The molecule has 3 rings (SSSR count). The molecule has 0 amide bonds. The highest BCUT2D eigenvalue weighted by Gasteiger charge is 2.51. The third-order valence-corrected chi connectivity index (χ3v) is 11.9. The topological polar surface area (TPSA) is 299 Å². The molecule has 12 N–H and O–H groups in total. The van der Waals surface area contributed by atoms with E-state index >= 15 is 0 Å². The van der Waals surface area contributed by atoms with Gasteiger partial charge in [0.2, 0.25) is 0 Å². The summed E-state index contributed by atoms with van der Waals surface area (Å²) in [5.41, 5.74) is 6.02. The van der Waals surface area contributed by atoms with E-state index in [0.29, 0.717) is 0 Å². The minimum absolute atomic E-state index is 0.122. The number of carboxylic acids is 1. The van der Waals surface area contributed by atoms with E-state index < -0.39 is 128 Å². The summed E-state index contributed by atoms with van der Waals surface area (Å²) in [4.78, 5) is 25.1. The summed E-state index contributed by atoms with van der Waals surface area (Å²) in [6, 6.07) is -1.13. The van der Waals surface area contributed by atoms with Gasteiger partial charge in [0, 0.05) is 31.1 Å². The van der Waals surface area contributed by atoms with Crippen LogP contribution in [0.25, 0.3) is 0 Å². The molecule has 362 valence electrons. The van der Waals surface area contributed by atoms with E-state index in [1.807, 2.05) is 43.4 Å². The molecule has 0 unspecified atom stereocenters. The Morgan fingerprint density at radius 3 is 1.78 bits per heavy atom. The van der Waals surface area contributed by atoms with Gasteiger partial charge in [-0.2, -0.15) is 0 Å². The van der Waals surface area contributed by atoms with Crippen molar-refractivity contribution >= 4 is 11.9 Å². The summed E-state index contributed by atoms with van der Waals surface area (Å²) in [7, 11) is 0. The lowest BCUT2D eigenvalue weighted by atomic mass is 9.82. The van der Waals surface area contributed by atoms with Gasteiger partial charge >= 0.3 is 11.9 Å². The zero-order chi connectivity index (χ0) is 47.6. The summed E-state index contributed by atoms with van der Waals surface area (Å²) in [5.74, 6) is -6.55. The van der Waals surface area contributed by atoms with E-state index in [0.717, 1.165) is 0 Å². The van der Waals surface area contributed by atoms with Gasteiger partial charge in [-0.3, -0.25) is 9.59 Å². The van der Waals surface area contributed by atoms with E-state index in [2.05, 4.69) is 0 Å². The van der Waals surface area contributed by atoms with Gasteiger partial charge in [0.05, 0.1) is 73.5 Å². The van der Waals surface area contributed by atoms with Crippen LogP contribution in [-0.2, 0) is 28.5 Å². The summed E-state index contributed by atoms with van der Waals surface area (Å²) in [6.45, 7) is 6.82. The van der Waals surface area contributed by atoms with Gasteiger partial charge in [-0.25, -0.2) is 0 Å². The lowest BCUT2D eigenvalue weighted by Gasteiger charge is -2.45. The Balaban J connectivity index is 1.84. The molecule has 0 aromatic rings. The number of ether oxygens (including phenoxy) is 4. The first-order valence-corrected chi connectivity index (χ1v) is 22.2. The number of carboxylic acid groups (broad SMARTS) is 1. The number of nitrogens with two attached hydrogens (primary N) is 1. The Morgan fingerprint density at radius 1 is 0.688 bits per heavy atom. The fraction of sp³-hybridized carbons (Fsp3) is 0.660. The zero-order valence-electron chi connectivity index (χ0n) is 37.3. The van der Waals surface area contributed by atoms with Crippen molar-refractivity contribution in [2.24, 2.45) is 23.5 Å². The fourth-order valence-corrected chi connectivity index (χ4v) is 8.00. The van der Waals surface area contributed by atoms with Gasteiger partial charge in [-0.1, -0.05) is 98.9 Å². The van der Waals surface area contributed by atoms with Crippen LogP contribution in [0.4, 0.5) is 0 Å². The van der Waals surface area contributed by atoms with E-state index in [4.69, 9.17) is 24.7 Å². The second-order valence-electron chi connectivity index (χ2n) is 17.4. The van der Waals surface area contributed by atoms with Crippen LogP contribution in [0.5, 0.6) is 0 Å². The van der Waals surface area contributed by atoms with Crippen molar-refractivity contribution in [3.63, 3.8) is 0 Å². The smallest absolute Gasteiger partial charge is 0.311 e. The second-order valence-corrected chi connectivity index (χ2v) is 17.4. The predicted octanol–water partition coefficient (Wildman–Crippen LogP) is 1.74. The molecule has 2 saturated heterocycles. The number of fused-ring (bicyclic) bond motifs is 2. The Morgan fingerprint density at radius 2 is 1.22 bits per heavy atom. The minimum atomic E-state index is -2.23. The van der Waals surface area contributed by atoms with Gasteiger partial charge in [0.15, 0.2) is 12.1 Å². The first-order valence-electron chi connectivity index (χ1n) is 22.2. The molecule has 2 fully saturated rings. The summed E-state index contributed by atoms with van der Waals surface area (Å²) in [5, 5.41) is 107. The SMILES string of the molecule is C[C@@H]1[C@H](O)[C@@H](C)\C=C/C=C\C=C/C=C\C=C/C=C\C=C/[C@H](O[C@@H]2O[C@H](C)[C@@H](O)[C@H](N)[C@@H]2O)C[C@@H]2O[C@](O)(C[C@@H](O)C[C@@H](O)CCC[C@@H](O)C[C@@H](O)CC(=O)O[C@H]1C)C[C@H](O)[C@H]2C(=O)O. The van der Waals surface area contributed by atoms with Gasteiger partial charge in [-0.05, 0) is 46.0 Å². The number of aliphatic carboxylic acids is 1. The molecule has 17 heteroatoms. The molecule has 0 aliphatic carbocycles. The monoisotopic (exact) mass is 907 g/mol. The Kier molecular flexibility index (Phi) is 23.4. The quantitative estimate of drug-likeness (QED) is 0.180. The highest BCUT2D eigenvalue weighted by Crippen LogP contribution is 2.38. The molecule has 3 heterocycles. The van der Waals surface area contributed by atoms with Crippen molar-refractivity contribution in [3.8, 4) is 0 Å². The van der Waals surface area contributed by atoms with Crippen molar-refractivity contribution in [2.45, 2.75) is 177 Å². The first kappa shape index (κ1) is 54.9. The van der Waals surface area contributed by atoms with Crippen molar-refractivity contribution < 1.29 is 79.6 Å². The van der Waals surface area contributed by atoms with Crippen LogP contribution in [0.15, 0.2) is 85.1 Å². The number of rotatable bonds is 3. The van der Waals surface area contributed by atoms with Crippen LogP contribution >= 0.6 is 0 Å². The van der Waals surface area contributed by atoms with Crippen LogP contribution in [0.1, 0.15) is 85.5 Å². The van der Waals surface area contributed by atoms with Gasteiger partial charge in [0.1, 0.15) is 18.1 Å². The summed E-state index contributed by atoms with van der Waals surface area (Å²) < 4.78 is 23.2. The average Bonchev–Trinajstić information content (AvgIpc) is 3.20. The van der Waals surface area contributed by atoms with Crippen molar-refractivity contribution in [1.29, 1.82) is 0 Å². The molecular weight excluding hydrogens is 835 g/mol. The van der Waals surface area contributed by atoms with E-state index in [1.54, 1.807) is 63.3 Å². The number of aliphatic hydroxyl groups is 9. The first-order chi connectivity index (χ1) is 30.2. The van der Waals surface area contributed by atoms with E-state index in [-0.39, 0.29) is 50.9 Å². The molecule has 17 nitrogen and oxygen atoms in total. The molecule has 3 aliphatic heterocycles. The zero-order valence-corrected chi connectivity index (χ0v) is 37.3. The third-order valence-electron chi connectivity index (χ3n) is 11.9. The number of esters is 1. The van der Waals surface area contributed by atoms with Crippen LogP contribution < -0.4 is 5.73 Å². The second kappa shape index (κ2) is 27.3. The van der Waals surface area contributed by atoms with Crippen LogP contribution in [-0.4, -0.2) is 154 Å². The molecule has 0 saturated carbocycles. The molecule has 0 aromatic carbocycles. The molecule has 0 spiro atoms. The maximum Gasteiger partial charge on any atom is 0.311 e. The van der Waals surface area contributed by atoms with Crippen molar-refractivity contribution in [3.05, 3.63) is 85.1 Å². The molecular formula is C47H73NO16. The molecule has 0 radical (unpaired) electrons. The van der Waals surface area contributed by atoms with Crippen molar-refractivity contribution in [1.82, 2.24) is 0 Å². The fourth-order valence-electron chi connectivity index (χ4n) is 8.00. The normalized spacial score (nSPS) is 44.8. The van der Waals surface area contributed by atoms with Crippen molar-refractivity contribution in [2.75, 3.05) is 0 Å². The van der Waals surface area contributed by atoms with Gasteiger partial charge < -0.3 is 75.7 Å². The maximum absolute atomic E-state index is 12.6. The van der Waals surface area contributed by atoms with Crippen LogP contribution in [0.2, 0.25) is 0 Å². The maximum atomic E-state index is 12.6. The highest BCUT2D eigenvalue weighted by atomic mass is 16.7. The van der Waals surface area contributed by atoms with E-state index in [9.17, 15) is 60.7 Å². The van der Waals surface area contributed by atoms with Gasteiger partial charge in [0.25, 0.3) is 0 Å². The molecule has 64 heavy (non-hydrogen) atoms. The summed E-state index contributed by atoms with van der Waals surface area (Å²) >= 11 is 0. The minimum Gasteiger partial charge on any atom is -0.481 e. The van der Waals surface area contributed by atoms with E-state index in [1.165, 1.54) is 6.08 Å². The molecule has 2 bridgehead atoms. The Hall–Kier alpha value is -3.40. The molecule has 3 aliphatic rings. The summed E-state index contributed by atoms with van der Waals surface area (Å²) in [6.07, 6.45) is 7.89. The van der Waals surface area contributed by atoms with Crippen LogP contribution in [0.3, 0.4) is 0 Å². The Labute approximate surface area is 376 Å². The number of allylic oxidation sites excluding steroid dienone is 12. The Bertz CT molecular complexity index is 1630. The largest absolute Gasteiger partial charge is 0.481 e. The number of carbonyl (C=O) groups excluding carboxylic acids is 1. The van der Waals surface area contributed by atoms with Crippen LogP contribution in [0, 0.1) is 17.8 Å². The number of cyclic esters (lactones) is 1. The lowest BCUT2D eigenvalue weighted by Crippen LogP contribution is -2.61. The number of aliphatic hydroxyl groups excluding tert-OH is 8. The lowest BCUT2D eigenvalue weighted by molar-refractivity contribution is -0.308. The highest BCUT2D eigenvalue weighted by molar-refractivity contribution is 5.71. The number of hydrogen-bond donors (Lipinski definition) is 11. The molecule has 0 aromatic heterocycles. The molecule has 18 atom stereocenters. The predicted molar refractivity (Wildman–Crippen MR) is 236 cm³/mol.